The number of nitrogens with two attached hydrogens (primary N) is 1. The fourth-order valence-corrected chi connectivity index (χ4v) is 2.63. The molecule has 0 saturated carbocycles. The molecule has 3 aromatic rings. The summed E-state index contributed by atoms with van der Waals surface area (Å²) in [6.07, 6.45) is 1.93. The van der Waals surface area contributed by atoms with Gasteiger partial charge in [-0.15, -0.1) is 0 Å². The average Bonchev–Trinajstić information content (AvgIpc) is 2.59. The smallest absolute Gasteiger partial charge is 0.229 e. The van der Waals surface area contributed by atoms with Crippen LogP contribution in [0.5, 0.6) is 0 Å². The molecule has 5 nitrogen and oxygen atoms in total. The summed E-state index contributed by atoms with van der Waals surface area (Å²) in [4.78, 5) is 21.1. The summed E-state index contributed by atoms with van der Waals surface area (Å²) in [6, 6.07) is 15.1. The number of carbonyl (C=O) groups is 1. The number of nitrogens with zero attached hydrogens (tertiary/aromatic N) is 2. The van der Waals surface area contributed by atoms with Crippen LogP contribution in [0.25, 0.3) is 11.3 Å². The van der Waals surface area contributed by atoms with Gasteiger partial charge in [-0.25, -0.2) is 9.97 Å². The molecule has 0 fully saturated rings. The number of aryl methyl sites for hydroxylation is 1. The Balaban J connectivity index is 1.71. The first-order valence-corrected chi connectivity index (χ1v) is 8.54. The van der Waals surface area contributed by atoms with Crippen LogP contribution in [-0.4, -0.2) is 15.9 Å². The number of halogens is 1. The molecule has 1 heterocycles. The van der Waals surface area contributed by atoms with Crippen molar-refractivity contribution in [3.05, 3.63) is 70.5 Å². The summed E-state index contributed by atoms with van der Waals surface area (Å²) < 4.78 is 0.983. The highest BCUT2D eigenvalue weighted by molar-refractivity contribution is 9.10. The Kier molecular flexibility index (Phi) is 5.09. The molecule has 0 saturated heterocycles. The number of nitrogen functional groups attached to an aromatic ring is 1. The fraction of sp³-hybridized carbons (Fsp3) is 0.105. The van der Waals surface area contributed by atoms with Gasteiger partial charge in [0.25, 0.3) is 0 Å². The summed E-state index contributed by atoms with van der Waals surface area (Å²) in [7, 11) is 0. The van der Waals surface area contributed by atoms with Crippen LogP contribution in [0.2, 0.25) is 0 Å². The minimum Gasteiger partial charge on any atom is -0.399 e. The number of rotatable bonds is 4. The molecule has 25 heavy (non-hydrogen) atoms. The molecule has 2 aromatic carbocycles. The molecule has 1 amide bonds. The number of amides is 1. The van der Waals surface area contributed by atoms with Crippen molar-refractivity contribution in [1.29, 1.82) is 0 Å². The van der Waals surface area contributed by atoms with Gasteiger partial charge in [-0.1, -0.05) is 40.2 Å². The van der Waals surface area contributed by atoms with Crippen molar-refractivity contribution in [2.75, 3.05) is 11.1 Å². The van der Waals surface area contributed by atoms with Crippen LogP contribution in [-0.2, 0) is 11.2 Å². The number of anilines is 2. The van der Waals surface area contributed by atoms with Crippen LogP contribution >= 0.6 is 15.9 Å². The molecule has 0 aliphatic heterocycles. The van der Waals surface area contributed by atoms with E-state index >= 15 is 0 Å². The van der Waals surface area contributed by atoms with Crippen molar-refractivity contribution in [3.63, 3.8) is 0 Å². The van der Waals surface area contributed by atoms with E-state index in [0.29, 0.717) is 17.2 Å². The number of carbonyl (C=O) groups excluding carboxylic acids is 1. The van der Waals surface area contributed by atoms with Crippen LogP contribution in [0, 0.1) is 6.92 Å². The monoisotopic (exact) mass is 396 g/mol. The molecule has 0 aliphatic carbocycles. The molecule has 0 bridgehead atoms. The minimum atomic E-state index is -0.125. The Morgan fingerprint density at radius 2 is 1.80 bits per heavy atom. The highest BCUT2D eigenvalue weighted by atomic mass is 79.9. The lowest BCUT2D eigenvalue weighted by Crippen LogP contribution is -2.16. The number of hydrogen-bond acceptors (Lipinski definition) is 4. The number of nitrogens with one attached hydrogen (secondary N) is 1. The van der Waals surface area contributed by atoms with Gasteiger partial charge in [-0.2, -0.15) is 0 Å². The van der Waals surface area contributed by atoms with E-state index in [1.54, 1.807) is 6.20 Å². The lowest BCUT2D eigenvalue weighted by Gasteiger charge is -2.09. The molecular formula is C19H17BrN4O. The molecule has 126 valence electrons. The lowest BCUT2D eigenvalue weighted by atomic mass is 10.1. The zero-order valence-corrected chi connectivity index (χ0v) is 15.2. The highest BCUT2D eigenvalue weighted by Gasteiger charge is 2.10. The van der Waals surface area contributed by atoms with E-state index < -0.39 is 0 Å². The second-order valence-corrected chi connectivity index (χ2v) is 6.58. The number of hydrogen-bond donors (Lipinski definition) is 2. The van der Waals surface area contributed by atoms with Gasteiger partial charge in [0.15, 0.2) is 5.82 Å². The Morgan fingerprint density at radius 1 is 1.12 bits per heavy atom. The second-order valence-electron chi connectivity index (χ2n) is 5.66. The molecule has 0 radical (unpaired) electrons. The normalized spacial score (nSPS) is 10.5. The molecule has 3 rings (SSSR count). The van der Waals surface area contributed by atoms with Crippen molar-refractivity contribution in [3.8, 4) is 11.3 Å². The van der Waals surface area contributed by atoms with Gasteiger partial charge in [-0.3, -0.25) is 4.79 Å². The molecule has 0 atom stereocenters. The van der Waals surface area contributed by atoms with Crippen LogP contribution in [0.15, 0.2) is 59.2 Å². The van der Waals surface area contributed by atoms with Crippen molar-refractivity contribution >= 4 is 33.3 Å². The molecular weight excluding hydrogens is 380 g/mol. The van der Waals surface area contributed by atoms with Gasteiger partial charge in [0.1, 0.15) is 0 Å². The summed E-state index contributed by atoms with van der Waals surface area (Å²) in [5.74, 6) is 0.348. The van der Waals surface area contributed by atoms with Crippen LogP contribution < -0.4 is 11.1 Å². The SMILES string of the molecule is Cc1nc(-c2ccc(N)cc2)cnc1NC(=O)Cc1ccc(Br)cc1. The van der Waals surface area contributed by atoms with Gasteiger partial charge in [0.05, 0.1) is 24.0 Å². The quantitative estimate of drug-likeness (QED) is 0.653. The van der Waals surface area contributed by atoms with E-state index in [1.165, 1.54) is 0 Å². The third-order valence-corrected chi connectivity index (χ3v) is 4.22. The summed E-state index contributed by atoms with van der Waals surface area (Å²) in [5.41, 5.74) is 9.67. The van der Waals surface area contributed by atoms with E-state index in [4.69, 9.17) is 5.73 Å². The molecule has 0 aliphatic rings. The Hall–Kier alpha value is -2.73. The number of aromatic nitrogens is 2. The molecule has 6 heteroatoms. The maximum Gasteiger partial charge on any atom is 0.229 e. The largest absolute Gasteiger partial charge is 0.399 e. The zero-order chi connectivity index (χ0) is 17.8. The van der Waals surface area contributed by atoms with Crippen LogP contribution in [0.3, 0.4) is 0 Å². The average molecular weight is 397 g/mol. The topological polar surface area (TPSA) is 80.9 Å². The van der Waals surface area contributed by atoms with Crippen molar-refractivity contribution < 1.29 is 4.79 Å². The van der Waals surface area contributed by atoms with E-state index in [0.717, 1.165) is 21.3 Å². The van der Waals surface area contributed by atoms with E-state index in [1.807, 2.05) is 55.5 Å². The fourth-order valence-electron chi connectivity index (χ4n) is 2.36. The standard InChI is InChI=1S/C19H17BrN4O/c1-12-19(24-18(25)10-13-2-6-15(20)7-3-13)22-11-17(23-12)14-4-8-16(21)9-5-14/h2-9,11H,10,21H2,1H3,(H,22,24,25). The van der Waals surface area contributed by atoms with Crippen molar-refractivity contribution in [2.24, 2.45) is 0 Å². The van der Waals surface area contributed by atoms with E-state index in [9.17, 15) is 4.79 Å². The van der Waals surface area contributed by atoms with E-state index in [-0.39, 0.29) is 12.3 Å². The lowest BCUT2D eigenvalue weighted by molar-refractivity contribution is -0.115. The van der Waals surface area contributed by atoms with Gasteiger partial charge < -0.3 is 11.1 Å². The van der Waals surface area contributed by atoms with Gasteiger partial charge in [-0.05, 0) is 36.8 Å². The molecule has 3 N–H and O–H groups in total. The maximum absolute atomic E-state index is 12.2. The predicted molar refractivity (Wildman–Crippen MR) is 103 cm³/mol. The molecule has 0 unspecified atom stereocenters. The minimum absolute atomic E-state index is 0.125. The third-order valence-electron chi connectivity index (χ3n) is 3.69. The van der Waals surface area contributed by atoms with E-state index in [2.05, 4.69) is 31.2 Å². The van der Waals surface area contributed by atoms with Crippen LogP contribution in [0.1, 0.15) is 11.3 Å². The van der Waals surface area contributed by atoms with Gasteiger partial charge >= 0.3 is 0 Å². The zero-order valence-electron chi connectivity index (χ0n) is 13.7. The Bertz CT molecular complexity index is 892. The summed E-state index contributed by atoms with van der Waals surface area (Å²) in [5, 5.41) is 2.82. The first kappa shape index (κ1) is 17.1. The Labute approximate surface area is 154 Å². The molecule has 1 aromatic heterocycles. The van der Waals surface area contributed by atoms with Crippen molar-refractivity contribution in [1.82, 2.24) is 9.97 Å². The highest BCUT2D eigenvalue weighted by Crippen LogP contribution is 2.20. The third kappa shape index (κ3) is 4.42. The first-order valence-electron chi connectivity index (χ1n) is 7.75. The van der Waals surface area contributed by atoms with Crippen LogP contribution in [0.4, 0.5) is 11.5 Å². The molecule has 0 spiro atoms. The van der Waals surface area contributed by atoms with Crippen molar-refractivity contribution in [2.45, 2.75) is 13.3 Å². The predicted octanol–water partition coefficient (Wildman–Crippen LogP) is 3.98. The summed E-state index contributed by atoms with van der Waals surface area (Å²) in [6.45, 7) is 1.82. The summed E-state index contributed by atoms with van der Waals surface area (Å²) >= 11 is 3.38. The second kappa shape index (κ2) is 7.44. The number of benzene rings is 2. The van der Waals surface area contributed by atoms with Gasteiger partial charge in [0, 0.05) is 15.7 Å². The first-order chi connectivity index (χ1) is 12.0. The Morgan fingerprint density at radius 3 is 2.44 bits per heavy atom. The maximum atomic E-state index is 12.2. The van der Waals surface area contributed by atoms with Gasteiger partial charge in [0.2, 0.25) is 5.91 Å².